The summed E-state index contributed by atoms with van der Waals surface area (Å²) in [7, 11) is -3.54. The first-order valence-corrected chi connectivity index (χ1v) is 11.7. The zero-order valence-corrected chi connectivity index (χ0v) is 18.6. The summed E-state index contributed by atoms with van der Waals surface area (Å²) in [5, 5.41) is 2.72. The van der Waals surface area contributed by atoms with E-state index in [4.69, 9.17) is 14.2 Å². The van der Waals surface area contributed by atoms with Crippen molar-refractivity contribution in [1.82, 2.24) is 9.62 Å². The Hall–Kier alpha value is -2.95. The molecule has 0 radical (unpaired) electrons. The molecule has 1 N–H and O–H groups in total. The topological polar surface area (TPSA) is 111 Å². The van der Waals surface area contributed by atoms with E-state index in [1.807, 2.05) is 0 Å². The summed E-state index contributed by atoms with van der Waals surface area (Å²) in [4.78, 5) is 23.9. The van der Waals surface area contributed by atoms with E-state index in [-0.39, 0.29) is 24.0 Å². The molecule has 9 nitrogen and oxygen atoms in total. The number of morpholine rings is 1. The van der Waals surface area contributed by atoms with Crippen LogP contribution in [0.15, 0.2) is 53.4 Å². The van der Waals surface area contributed by atoms with Crippen molar-refractivity contribution in [3.63, 3.8) is 0 Å². The predicted molar refractivity (Wildman–Crippen MR) is 116 cm³/mol. The van der Waals surface area contributed by atoms with Gasteiger partial charge in [0.25, 0.3) is 5.91 Å². The molecule has 2 aromatic carbocycles. The van der Waals surface area contributed by atoms with Gasteiger partial charge in [-0.05, 0) is 48.9 Å². The highest BCUT2D eigenvalue weighted by Gasteiger charge is 2.26. The predicted octanol–water partition coefficient (Wildman–Crippen LogP) is 1.58. The Bertz CT molecular complexity index is 1020. The van der Waals surface area contributed by atoms with Crippen LogP contribution in [-0.2, 0) is 30.8 Å². The second-order valence-electron chi connectivity index (χ2n) is 6.97. The van der Waals surface area contributed by atoms with Gasteiger partial charge in [0.2, 0.25) is 10.0 Å². The number of carbonyl (C=O) groups is 2. The molecule has 1 saturated heterocycles. The fourth-order valence-corrected chi connectivity index (χ4v) is 4.43. The molecule has 1 fully saturated rings. The molecule has 3 rings (SSSR count). The lowest BCUT2D eigenvalue weighted by molar-refractivity contribution is -0.123. The summed E-state index contributed by atoms with van der Waals surface area (Å²) in [5.74, 6) is -0.295. The molecule has 0 saturated carbocycles. The highest BCUT2D eigenvalue weighted by molar-refractivity contribution is 7.89. The number of sulfonamides is 1. The molecule has 2 aromatic rings. The average molecular weight is 463 g/mol. The molecule has 10 heteroatoms. The fraction of sp³-hybridized carbons (Fsp3) is 0.364. The van der Waals surface area contributed by atoms with Crippen molar-refractivity contribution in [2.75, 3.05) is 39.5 Å². The summed E-state index contributed by atoms with van der Waals surface area (Å²) in [5.41, 5.74) is 1.17. The van der Waals surface area contributed by atoms with E-state index in [0.717, 1.165) is 5.56 Å². The van der Waals surface area contributed by atoms with Gasteiger partial charge in [-0.2, -0.15) is 4.31 Å². The Morgan fingerprint density at radius 2 is 1.69 bits per heavy atom. The molecule has 0 aromatic heterocycles. The van der Waals surface area contributed by atoms with Crippen molar-refractivity contribution in [2.45, 2.75) is 18.4 Å². The molecule has 0 aliphatic carbocycles. The maximum absolute atomic E-state index is 12.6. The molecular formula is C22H26N2O7S. The van der Waals surface area contributed by atoms with Gasteiger partial charge >= 0.3 is 5.97 Å². The lowest BCUT2D eigenvalue weighted by Crippen LogP contribution is -2.40. The van der Waals surface area contributed by atoms with Crippen LogP contribution in [0.5, 0.6) is 5.75 Å². The van der Waals surface area contributed by atoms with Crippen molar-refractivity contribution in [3.05, 3.63) is 59.7 Å². The molecule has 172 valence electrons. The highest BCUT2D eigenvalue weighted by Crippen LogP contribution is 2.18. The third kappa shape index (κ3) is 6.28. The van der Waals surface area contributed by atoms with Crippen LogP contribution in [0.2, 0.25) is 0 Å². The molecule has 1 amide bonds. The Kier molecular flexibility index (Phi) is 8.20. The zero-order chi connectivity index (χ0) is 23.0. The van der Waals surface area contributed by atoms with E-state index >= 15 is 0 Å². The first kappa shape index (κ1) is 23.7. The van der Waals surface area contributed by atoms with Gasteiger partial charge in [0.1, 0.15) is 5.75 Å². The highest BCUT2D eigenvalue weighted by atomic mass is 32.2. The number of hydrogen-bond acceptors (Lipinski definition) is 7. The lowest BCUT2D eigenvalue weighted by Gasteiger charge is -2.26. The smallest absolute Gasteiger partial charge is 0.338 e. The standard InChI is InChI=1S/C22H26N2O7S/c1-2-30-22(26)18-5-7-19(8-6-18)31-16-21(25)23-15-17-3-9-20(10-4-17)32(27,28)24-11-13-29-14-12-24/h3-10H,2,11-16H2,1H3,(H,23,25). The first-order chi connectivity index (χ1) is 15.4. The molecule has 0 bridgehead atoms. The van der Waals surface area contributed by atoms with Crippen LogP contribution in [0.1, 0.15) is 22.8 Å². The van der Waals surface area contributed by atoms with E-state index in [2.05, 4.69) is 5.32 Å². The average Bonchev–Trinajstić information content (AvgIpc) is 2.82. The van der Waals surface area contributed by atoms with Gasteiger partial charge in [-0.1, -0.05) is 12.1 Å². The van der Waals surface area contributed by atoms with Crippen LogP contribution in [0.4, 0.5) is 0 Å². The Morgan fingerprint density at radius 3 is 2.31 bits per heavy atom. The molecule has 1 heterocycles. The van der Waals surface area contributed by atoms with Gasteiger partial charge in [0, 0.05) is 19.6 Å². The molecular weight excluding hydrogens is 436 g/mol. The SMILES string of the molecule is CCOC(=O)c1ccc(OCC(=O)NCc2ccc(S(=O)(=O)N3CCOCC3)cc2)cc1. The van der Waals surface area contributed by atoms with Gasteiger partial charge < -0.3 is 19.5 Å². The van der Waals surface area contributed by atoms with Gasteiger partial charge in [-0.3, -0.25) is 4.79 Å². The van der Waals surface area contributed by atoms with E-state index in [0.29, 0.717) is 44.2 Å². The number of esters is 1. The number of amides is 1. The van der Waals surface area contributed by atoms with E-state index in [1.165, 1.54) is 16.4 Å². The fourth-order valence-electron chi connectivity index (χ4n) is 3.02. The molecule has 1 aliphatic rings. The van der Waals surface area contributed by atoms with Gasteiger partial charge in [-0.25, -0.2) is 13.2 Å². The van der Waals surface area contributed by atoms with Crippen LogP contribution in [0.25, 0.3) is 0 Å². The molecule has 0 spiro atoms. The minimum Gasteiger partial charge on any atom is -0.484 e. The number of hydrogen-bond donors (Lipinski definition) is 1. The first-order valence-electron chi connectivity index (χ1n) is 10.2. The number of carbonyl (C=O) groups excluding carboxylic acids is 2. The number of nitrogens with one attached hydrogen (secondary N) is 1. The van der Waals surface area contributed by atoms with Crippen LogP contribution in [0, 0.1) is 0 Å². The Morgan fingerprint density at radius 1 is 1.03 bits per heavy atom. The monoisotopic (exact) mass is 462 g/mol. The van der Waals surface area contributed by atoms with Crippen molar-refractivity contribution in [2.24, 2.45) is 0 Å². The van der Waals surface area contributed by atoms with Crippen molar-refractivity contribution >= 4 is 21.9 Å². The minimum atomic E-state index is -3.54. The normalized spacial score (nSPS) is 14.5. The van der Waals surface area contributed by atoms with Crippen molar-refractivity contribution < 1.29 is 32.2 Å². The lowest BCUT2D eigenvalue weighted by atomic mass is 10.2. The number of ether oxygens (including phenoxy) is 3. The second kappa shape index (κ2) is 11.1. The quantitative estimate of drug-likeness (QED) is 0.563. The van der Waals surface area contributed by atoms with Crippen LogP contribution in [-0.4, -0.2) is 64.1 Å². The summed E-state index contributed by atoms with van der Waals surface area (Å²) < 4.78 is 42.2. The van der Waals surface area contributed by atoms with Crippen LogP contribution < -0.4 is 10.1 Å². The number of nitrogens with zero attached hydrogens (tertiary/aromatic N) is 1. The molecule has 1 aliphatic heterocycles. The number of benzene rings is 2. The maximum Gasteiger partial charge on any atom is 0.338 e. The summed E-state index contributed by atoms with van der Waals surface area (Å²) in [6, 6.07) is 12.7. The molecule has 32 heavy (non-hydrogen) atoms. The third-order valence-corrected chi connectivity index (χ3v) is 6.67. The van der Waals surface area contributed by atoms with Crippen LogP contribution in [0.3, 0.4) is 0 Å². The van der Waals surface area contributed by atoms with Gasteiger partial charge in [0.15, 0.2) is 6.61 Å². The van der Waals surface area contributed by atoms with Crippen LogP contribution >= 0.6 is 0 Å². The molecule has 0 atom stereocenters. The zero-order valence-electron chi connectivity index (χ0n) is 17.8. The summed E-state index contributed by atoms with van der Waals surface area (Å²) in [6.07, 6.45) is 0. The Labute approximate surface area is 187 Å². The number of rotatable bonds is 9. The maximum atomic E-state index is 12.6. The Balaban J connectivity index is 1.46. The van der Waals surface area contributed by atoms with Crippen molar-refractivity contribution in [1.29, 1.82) is 0 Å². The van der Waals surface area contributed by atoms with Gasteiger partial charge in [-0.15, -0.1) is 0 Å². The van der Waals surface area contributed by atoms with E-state index in [1.54, 1.807) is 43.3 Å². The largest absolute Gasteiger partial charge is 0.484 e. The van der Waals surface area contributed by atoms with Crippen molar-refractivity contribution in [3.8, 4) is 5.75 Å². The summed E-state index contributed by atoms with van der Waals surface area (Å²) >= 11 is 0. The van der Waals surface area contributed by atoms with E-state index < -0.39 is 16.0 Å². The summed E-state index contributed by atoms with van der Waals surface area (Å²) in [6.45, 7) is 3.53. The minimum absolute atomic E-state index is 0.192. The van der Waals surface area contributed by atoms with E-state index in [9.17, 15) is 18.0 Å². The van der Waals surface area contributed by atoms with Gasteiger partial charge in [0.05, 0.1) is 30.3 Å². The third-order valence-electron chi connectivity index (χ3n) is 4.76. The molecule has 0 unspecified atom stereocenters. The second-order valence-corrected chi connectivity index (χ2v) is 8.91.